The van der Waals surface area contributed by atoms with Crippen LogP contribution in [0, 0.1) is 0 Å². The second kappa shape index (κ2) is 7.08. The smallest absolute Gasteiger partial charge is 0.326 e. The van der Waals surface area contributed by atoms with Crippen molar-refractivity contribution in [2.45, 2.75) is 32.2 Å². The van der Waals surface area contributed by atoms with Crippen LogP contribution in [0.5, 0.6) is 0 Å². The minimum Gasteiger partial charge on any atom is -0.394 e. The largest absolute Gasteiger partial charge is 0.394 e. The third-order valence-electron chi connectivity index (χ3n) is 3.09. The van der Waals surface area contributed by atoms with Crippen LogP contribution >= 0.6 is 0 Å². The SMILES string of the molecule is CC[C@H](CO)NC(=O)CCCN1C(=O)CN(C)C1=O. The van der Waals surface area contributed by atoms with Gasteiger partial charge in [0.1, 0.15) is 6.54 Å². The van der Waals surface area contributed by atoms with Gasteiger partial charge in [-0.3, -0.25) is 14.5 Å². The summed E-state index contributed by atoms with van der Waals surface area (Å²) in [7, 11) is 1.57. The van der Waals surface area contributed by atoms with E-state index in [1.165, 1.54) is 4.90 Å². The average Bonchev–Trinajstić information content (AvgIpc) is 2.62. The van der Waals surface area contributed by atoms with Gasteiger partial charge in [-0.1, -0.05) is 6.92 Å². The summed E-state index contributed by atoms with van der Waals surface area (Å²) in [5.41, 5.74) is 0. The van der Waals surface area contributed by atoms with Crippen molar-refractivity contribution in [2.75, 3.05) is 26.7 Å². The van der Waals surface area contributed by atoms with Gasteiger partial charge in [0.05, 0.1) is 12.6 Å². The molecule has 1 fully saturated rings. The minimum atomic E-state index is -0.313. The lowest BCUT2D eigenvalue weighted by Crippen LogP contribution is -2.37. The van der Waals surface area contributed by atoms with E-state index in [2.05, 4.69) is 5.32 Å². The zero-order valence-electron chi connectivity index (χ0n) is 11.4. The Balaban J connectivity index is 2.29. The number of hydrogen-bond acceptors (Lipinski definition) is 4. The topological polar surface area (TPSA) is 89.9 Å². The van der Waals surface area contributed by atoms with Crippen molar-refractivity contribution in [3.05, 3.63) is 0 Å². The molecule has 1 saturated heterocycles. The van der Waals surface area contributed by atoms with Crippen molar-refractivity contribution in [1.82, 2.24) is 15.1 Å². The summed E-state index contributed by atoms with van der Waals surface area (Å²) < 4.78 is 0. The number of amides is 4. The number of nitrogens with zero attached hydrogens (tertiary/aromatic N) is 2. The Morgan fingerprint density at radius 2 is 2.16 bits per heavy atom. The van der Waals surface area contributed by atoms with E-state index in [-0.39, 0.29) is 50.0 Å². The van der Waals surface area contributed by atoms with Gasteiger partial charge < -0.3 is 15.3 Å². The summed E-state index contributed by atoms with van der Waals surface area (Å²) in [6.07, 6.45) is 1.33. The maximum absolute atomic E-state index is 11.6. The maximum atomic E-state index is 11.6. The van der Waals surface area contributed by atoms with Crippen LogP contribution in [0.4, 0.5) is 4.79 Å². The standard InChI is InChI=1S/C12H21N3O4/c1-3-9(8-16)13-10(17)5-4-6-15-11(18)7-14(2)12(15)19/h9,16H,3-8H2,1-2H3,(H,13,17)/t9-/m1/s1. The van der Waals surface area contributed by atoms with Gasteiger partial charge in [-0.2, -0.15) is 0 Å². The van der Waals surface area contributed by atoms with Gasteiger partial charge in [0.15, 0.2) is 0 Å². The number of nitrogens with one attached hydrogen (secondary N) is 1. The fraction of sp³-hybridized carbons (Fsp3) is 0.750. The molecule has 0 bridgehead atoms. The quantitative estimate of drug-likeness (QED) is 0.614. The molecule has 19 heavy (non-hydrogen) atoms. The predicted molar refractivity (Wildman–Crippen MR) is 68.3 cm³/mol. The van der Waals surface area contributed by atoms with E-state index >= 15 is 0 Å². The van der Waals surface area contributed by atoms with Crippen LogP contribution in [0.3, 0.4) is 0 Å². The molecule has 0 aliphatic carbocycles. The van der Waals surface area contributed by atoms with Gasteiger partial charge in [0.2, 0.25) is 11.8 Å². The van der Waals surface area contributed by atoms with Crippen molar-refractivity contribution in [3.8, 4) is 0 Å². The van der Waals surface area contributed by atoms with Crippen LogP contribution in [0.25, 0.3) is 0 Å². The van der Waals surface area contributed by atoms with Gasteiger partial charge >= 0.3 is 6.03 Å². The fourth-order valence-corrected chi connectivity index (χ4v) is 1.86. The number of rotatable bonds is 7. The second-order valence-corrected chi connectivity index (χ2v) is 4.64. The Labute approximate surface area is 112 Å². The molecule has 0 radical (unpaired) electrons. The van der Waals surface area contributed by atoms with E-state index in [0.717, 1.165) is 4.90 Å². The molecule has 0 aromatic rings. The first-order valence-corrected chi connectivity index (χ1v) is 6.45. The van der Waals surface area contributed by atoms with Gasteiger partial charge in [0, 0.05) is 20.0 Å². The fourth-order valence-electron chi connectivity index (χ4n) is 1.86. The maximum Gasteiger partial charge on any atom is 0.326 e. The molecule has 108 valence electrons. The molecule has 4 amide bonds. The number of hydrogen-bond donors (Lipinski definition) is 2. The number of carbonyl (C=O) groups is 3. The zero-order valence-corrected chi connectivity index (χ0v) is 11.4. The highest BCUT2D eigenvalue weighted by Gasteiger charge is 2.32. The van der Waals surface area contributed by atoms with E-state index < -0.39 is 0 Å². The molecule has 1 aliphatic rings. The van der Waals surface area contributed by atoms with E-state index in [1.807, 2.05) is 6.92 Å². The molecule has 0 aromatic heterocycles. The third kappa shape index (κ3) is 4.20. The molecule has 0 spiro atoms. The van der Waals surface area contributed by atoms with Crippen molar-refractivity contribution in [3.63, 3.8) is 0 Å². The Morgan fingerprint density at radius 3 is 2.63 bits per heavy atom. The number of likely N-dealkylation sites (N-methyl/N-ethyl adjacent to an activating group) is 1. The minimum absolute atomic E-state index is 0.0872. The number of aliphatic hydroxyl groups is 1. The highest BCUT2D eigenvalue weighted by molar-refractivity contribution is 6.01. The molecular formula is C12H21N3O4. The van der Waals surface area contributed by atoms with E-state index in [9.17, 15) is 14.4 Å². The first-order chi connectivity index (χ1) is 8.99. The normalized spacial score (nSPS) is 17.0. The number of carbonyl (C=O) groups excluding carboxylic acids is 3. The molecule has 1 rings (SSSR count). The summed E-state index contributed by atoms with van der Waals surface area (Å²) in [5.74, 6) is -0.400. The van der Waals surface area contributed by atoms with Crippen LogP contribution in [0.2, 0.25) is 0 Å². The van der Waals surface area contributed by atoms with Crippen molar-refractivity contribution in [2.24, 2.45) is 0 Å². The van der Waals surface area contributed by atoms with Crippen LogP contribution in [-0.4, -0.2) is 65.5 Å². The number of urea groups is 1. The molecule has 7 heteroatoms. The van der Waals surface area contributed by atoms with Crippen LogP contribution in [-0.2, 0) is 9.59 Å². The van der Waals surface area contributed by atoms with Crippen LogP contribution < -0.4 is 5.32 Å². The van der Waals surface area contributed by atoms with Gasteiger partial charge in [-0.15, -0.1) is 0 Å². The van der Waals surface area contributed by atoms with Gasteiger partial charge in [-0.05, 0) is 12.8 Å². The summed E-state index contributed by atoms with van der Waals surface area (Å²) in [6.45, 7) is 2.15. The zero-order chi connectivity index (χ0) is 14.4. The average molecular weight is 271 g/mol. The second-order valence-electron chi connectivity index (χ2n) is 4.64. The molecule has 0 saturated carbocycles. The predicted octanol–water partition coefficient (Wildman–Crippen LogP) is -0.452. The Hall–Kier alpha value is -1.63. The Bertz CT molecular complexity index is 355. The van der Waals surface area contributed by atoms with Gasteiger partial charge in [0.25, 0.3) is 0 Å². The molecule has 2 N–H and O–H groups in total. The van der Waals surface area contributed by atoms with Crippen molar-refractivity contribution in [1.29, 1.82) is 0 Å². The number of aliphatic hydroxyl groups excluding tert-OH is 1. The van der Waals surface area contributed by atoms with E-state index in [0.29, 0.717) is 12.8 Å². The molecule has 1 atom stereocenters. The number of imide groups is 1. The molecule has 1 heterocycles. The third-order valence-corrected chi connectivity index (χ3v) is 3.09. The lowest BCUT2D eigenvalue weighted by Gasteiger charge is -2.16. The molecule has 0 unspecified atom stereocenters. The van der Waals surface area contributed by atoms with Crippen LogP contribution in [0.15, 0.2) is 0 Å². The summed E-state index contributed by atoms with van der Waals surface area (Å²) >= 11 is 0. The molecule has 7 nitrogen and oxygen atoms in total. The first kappa shape index (κ1) is 15.4. The van der Waals surface area contributed by atoms with Crippen LogP contribution in [0.1, 0.15) is 26.2 Å². The Kier molecular flexibility index (Phi) is 5.75. The lowest BCUT2D eigenvalue weighted by atomic mass is 10.2. The van der Waals surface area contributed by atoms with E-state index in [4.69, 9.17) is 5.11 Å². The highest BCUT2D eigenvalue weighted by Crippen LogP contribution is 2.09. The first-order valence-electron chi connectivity index (χ1n) is 6.45. The van der Waals surface area contributed by atoms with Crippen molar-refractivity contribution < 1.29 is 19.5 Å². The lowest BCUT2D eigenvalue weighted by molar-refractivity contribution is -0.126. The monoisotopic (exact) mass is 271 g/mol. The summed E-state index contributed by atoms with van der Waals surface area (Å²) in [6, 6.07) is -0.541. The van der Waals surface area contributed by atoms with E-state index in [1.54, 1.807) is 7.05 Å². The summed E-state index contributed by atoms with van der Waals surface area (Å²) in [5, 5.41) is 11.6. The Morgan fingerprint density at radius 1 is 1.47 bits per heavy atom. The highest BCUT2D eigenvalue weighted by atomic mass is 16.3. The molecule has 1 aliphatic heterocycles. The summed E-state index contributed by atoms with van der Waals surface area (Å²) in [4.78, 5) is 37.1. The molecular weight excluding hydrogens is 250 g/mol. The molecule has 0 aromatic carbocycles. The van der Waals surface area contributed by atoms with Gasteiger partial charge in [-0.25, -0.2) is 4.79 Å². The van der Waals surface area contributed by atoms with Crippen molar-refractivity contribution >= 4 is 17.8 Å².